The molecule has 1 aliphatic rings. The number of pyridine rings is 1. The first-order chi connectivity index (χ1) is 8.81. The SMILES string of the molecule is CCN(c1snc(N)c1-c1cccnc1)C1CC1. The first kappa shape index (κ1) is 11.5. The van der Waals surface area contributed by atoms with Crippen LogP contribution in [0.4, 0.5) is 10.8 Å². The van der Waals surface area contributed by atoms with Crippen LogP contribution in [0.1, 0.15) is 19.8 Å². The molecule has 2 aromatic rings. The van der Waals surface area contributed by atoms with E-state index < -0.39 is 0 Å². The molecule has 3 rings (SSSR count). The number of aromatic nitrogens is 2. The van der Waals surface area contributed by atoms with Crippen LogP contribution in [0.3, 0.4) is 0 Å². The molecule has 0 amide bonds. The summed E-state index contributed by atoms with van der Waals surface area (Å²) in [7, 11) is 0. The molecule has 0 unspecified atom stereocenters. The zero-order valence-corrected chi connectivity index (χ0v) is 11.2. The molecule has 2 heterocycles. The van der Waals surface area contributed by atoms with Crippen LogP contribution in [0.25, 0.3) is 11.1 Å². The van der Waals surface area contributed by atoms with Gasteiger partial charge in [-0.3, -0.25) is 4.98 Å². The summed E-state index contributed by atoms with van der Waals surface area (Å²) in [5, 5.41) is 1.19. The lowest BCUT2D eigenvalue weighted by atomic mass is 10.1. The van der Waals surface area contributed by atoms with E-state index in [1.54, 1.807) is 6.20 Å². The molecule has 94 valence electrons. The lowest BCUT2D eigenvalue weighted by Gasteiger charge is -2.21. The maximum atomic E-state index is 6.03. The standard InChI is InChI=1S/C13H16N4S/c1-2-17(10-5-6-10)13-11(12(14)16-18-13)9-4-3-7-15-8-9/h3-4,7-8,10H,2,5-6H2,1H3,(H2,14,16). The van der Waals surface area contributed by atoms with E-state index in [1.807, 2.05) is 18.3 Å². The molecule has 0 aromatic carbocycles. The van der Waals surface area contributed by atoms with Crippen molar-refractivity contribution in [3.05, 3.63) is 24.5 Å². The lowest BCUT2D eigenvalue weighted by molar-refractivity contribution is 0.836. The Labute approximate surface area is 111 Å². The second-order valence-electron chi connectivity index (χ2n) is 4.51. The van der Waals surface area contributed by atoms with Crippen molar-refractivity contribution in [3.8, 4) is 11.1 Å². The Morgan fingerprint density at radius 2 is 2.33 bits per heavy atom. The summed E-state index contributed by atoms with van der Waals surface area (Å²) in [5.74, 6) is 0.613. The summed E-state index contributed by atoms with van der Waals surface area (Å²) in [6.07, 6.45) is 6.18. The molecule has 1 fully saturated rings. The molecule has 4 nitrogen and oxygen atoms in total. The number of anilines is 2. The zero-order chi connectivity index (χ0) is 12.5. The number of hydrogen-bond donors (Lipinski definition) is 1. The van der Waals surface area contributed by atoms with Crippen molar-refractivity contribution in [1.82, 2.24) is 9.36 Å². The average Bonchev–Trinajstić information content (AvgIpc) is 3.16. The highest BCUT2D eigenvalue weighted by molar-refractivity contribution is 7.11. The normalized spacial score (nSPS) is 14.7. The molecule has 5 heteroatoms. The topological polar surface area (TPSA) is 55.0 Å². The molecule has 1 saturated carbocycles. The summed E-state index contributed by atoms with van der Waals surface area (Å²) in [5.41, 5.74) is 8.13. The Morgan fingerprint density at radius 1 is 1.50 bits per heavy atom. The highest BCUT2D eigenvalue weighted by atomic mass is 32.1. The smallest absolute Gasteiger partial charge is 0.147 e. The molecule has 0 radical (unpaired) electrons. The third kappa shape index (κ3) is 1.95. The lowest BCUT2D eigenvalue weighted by Crippen LogP contribution is -2.24. The minimum absolute atomic E-state index is 0.613. The molecule has 0 atom stereocenters. The van der Waals surface area contributed by atoms with Gasteiger partial charge in [0, 0.05) is 30.5 Å². The first-order valence-corrected chi connectivity index (χ1v) is 7.00. The second kappa shape index (κ2) is 4.57. The molecule has 18 heavy (non-hydrogen) atoms. The molecule has 2 aromatic heterocycles. The fraction of sp³-hybridized carbons (Fsp3) is 0.385. The highest BCUT2D eigenvalue weighted by Gasteiger charge is 2.31. The van der Waals surface area contributed by atoms with Gasteiger partial charge in [-0.2, -0.15) is 4.37 Å². The van der Waals surface area contributed by atoms with Crippen molar-refractivity contribution in [2.45, 2.75) is 25.8 Å². The van der Waals surface area contributed by atoms with Gasteiger partial charge in [0.25, 0.3) is 0 Å². The van der Waals surface area contributed by atoms with E-state index >= 15 is 0 Å². The molecule has 0 aliphatic heterocycles. The number of nitrogens with two attached hydrogens (primary N) is 1. The fourth-order valence-corrected chi connectivity index (χ4v) is 3.20. The Bertz CT molecular complexity index is 533. The van der Waals surface area contributed by atoms with Gasteiger partial charge < -0.3 is 10.6 Å². The second-order valence-corrected chi connectivity index (χ2v) is 5.26. The van der Waals surface area contributed by atoms with Gasteiger partial charge in [0.05, 0.1) is 5.56 Å². The first-order valence-electron chi connectivity index (χ1n) is 6.23. The third-order valence-electron chi connectivity index (χ3n) is 3.24. The average molecular weight is 260 g/mol. The van der Waals surface area contributed by atoms with Crippen LogP contribution in [-0.2, 0) is 0 Å². The van der Waals surface area contributed by atoms with Crippen LogP contribution in [0.5, 0.6) is 0 Å². The fourth-order valence-electron chi connectivity index (χ4n) is 2.23. The van der Waals surface area contributed by atoms with Gasteiger partial charge >= 0.3 is 0 Å². The summed E-state index contributed by atoms with van der Waals surface area (Å²) >= 11 is 1.50. The van der Waals surface area contributed by atoms with Gasteiger partial charge in [-0.15, -0.1) is 0 Å². The quantitative estimate of drug-likeness (QED) is 0.918. The summed E-state index contributed by atoms with van der Waals surface area (Å²) in [6.45, 7) is 3.18. The van der Waals surface area contributed by atoms with E-state index in [0.717, 1.165) is 17.7 Å². The molecule has 1 aliphatic carbocycles. The maximum absolute atomic E-state index is 6.03. The van der Waals surface area contributed by atoms with Crippen LogP contribution in [0, 0.1) is 0 Å². The maximum Gasteiger partial charge on any atom is 0.147 e. The van der Waals surface area contributed by atoms with Crippen molar-refractivity contribution in [3.63, 3.8) is 0 Å². The van der Waals surface area contributed by atoms with E-state index in [9.17, 15) is 0 Å². The molecule has 0 saturated heterocycles. The minimum Gasteiger partial charge on any atom is -0.382 e. The van der Waals surface area contributed by atoms with Gasteiger partial charge in [-0.1, -0.05) is 6.07 Å². The molecule has 2 N–H and O–H groups in total. The van der Waals surface area contributed by atoms with Crippen LogP contribution >= 0.6 is 11.5 Å². The monoisotopic (exact) mass is 260 g/mol. The van der Waals surface area contributed by atoms with Crippen LogP contribution in [-0.4, -0.2) is 21.9 Å². The third-order valence-corrected chi connectivity index (χ3v) is 4.14. The Hall–Kier alpha value is -1.62. The van der Waals surface area contributed by atoms with Crippen molar-refractivity contribution in [2.75, 3.05) is 17.2 Å². The van der Waals surface area contributed by atoms with Gasteiger partial charge in [0.15, 0.2) is 0 Å². The van der Waals surface area contributed by atoms with Crippen molar-refractivity contribution in [2.24, 2.45) is 0 Å². The minimum atomic E-state index is 0.613. The Morgan fingerprint density at radius 3 is 2.94 bits per heavy atom. The van der Waals surface area contributed by atoms with E-state index in [1.165, 1.54) is 29.4 Å². The Balaban J connectivity index is 2.06. The molecule has 0 bridgehead atoms. The predicted molar refractivity (Wildman–Crippen MR) is 75.8 cm³/mol. The van der Waals surface area contributed by atoms with E-state index in [2.05, 4.69) is 21.2 Å². The summed E-state index contributed by atoms with van der Waals surface area (Å²) < 4.78 is 4.32. The van der Waals surface area contributed by atoms with Crippen LogP contribution < -0.4 is 10.6 Å². The van der Waals surface area contributed by atoms with Crippen LogP contribution in [0.2, 0.25) is 0 Å². The van der Waals surface area contributed by atoms with E-state index in [4.69, 9.17) is 5.73 Å². The van der Waals surface area contributed by atoms with Crippen molar-refractivity contribution >= 4 is 22.4 Å². The van der Waals surface area contributed by atoms with Gasteiger partial charge in [-0.25, -0.2) is 0 Å². The van der Waals surface area contributed by atoms with Crippen LogP contribution in [0.15, 0.2) is 24.5 Å². The highest BCUT2D eigenvalue weighted by Crippen LogP contribution is 2.43. The number of nitrogen functional groups attached to an aromatic ring is 1. The van der Waals surface area contributed by atoms with Crippen molar-refractivity contribution in [1.29, 1.82) is 0 Å². The predicted octanol–water partition coefficient (Wildman–Crippen LogP) is 2.78. The number of rotatable bonds is 4. The van der Waals surface area contributed by atoms with Gasteiger partial charge in [0.2, 0.25) is 0 Å². The molecular weight excluding hydrogens is 244 g/mol. The summed E-state index contributed by atoms with van der Waals surface area (Å²) in [4.78, 5) is 6.58. The van der Waals surface area contributed by atoms with Gasteiger partial charge in [0.1, 0.15) is 10.8 Å². The van der Waals surface area contributed by atoms with Gasteiger partial charge in [-0.05, 0) is 37.4 Å². The number of nitrogens with zero attached hydrogens (tertiary/aromatic N) is 3. The zero-order valence-electron chi connectivity index (χ0n) is 10.3. The largest absolute Gasteiger partial charge is 0.382 e. The van der Waals surface area contributed by atoms with E-state index in [0.29, 0.717) is 11.9 Å². The Kier molecular flexibility index (Phi) is 2.91. The summed E-state index contributed by atoms with van der Waals surface area (Å²) in [6, 6.07) is 4.64. The number of hydrogen-bond acceptors (Lipinski definition) is 5. The van der Waals surface area contributed by atoms with Crippen molar-refractivity contribution < 1.29 is 0 Å². The molecular formula is C13H16N4S. The van der Waals surface area contributed by atoms with E-state index in [-0.39, 0.29) is 0 Å². The molecule has 0 spiro atoms.